The Balaban J connectivity index is 2.12. The minimum Gasteiger partial charge on any atom is -0.477 e. The van der Waals surface area contributed by atoms with Crippen LogP contribution in [0.5, 0.6) is 0 Å². The lowest BCUT2D eigenvalue weighted by Gasteiger charge is -2.16. The van der Waals surface area contributed by atoms with Crippen molar-refractivity contribution in [2.24, 2.45) is 0 Å². The number of carbonyl (C=O) groups is 1. The van der Waals surface area contributed by atoms with Crippen molar-refractivity contribution >= 4 is 11.6 Å². The summed E-state index contributed by atoms with van der Waals surface area (Å²) in [7, 11) is 0. The first-order valence-corrected chi connectivity index (χ1v) is 5.86. The molecule has 2 N–H and O–H groups in total. The van der Waals surface area contributed by atoms with Crippen LogP contribution in [0.15, 0.2) is 24.5 Å². The number of hydrogen-bond acceptors (Lipinski definition) is 4. The minimum atomic E-state index is -1.02. The third kappa shape index (κ3) is 3.30. The zero-order valence-corrected chi connectivity index (χ0v) is 10.8. The highest BCUT2D eigenvalue weighted by atomic mass is 16.5. The zero-order chi connectivity index (χ0) is 14.0. The highest BCUT2D eigenvalue weighted by Crippen LogP contribution is 2.11. The fraction of sp³-hybridized carbons (Fsp3) is 0.385. The first-order chi connectivity index (χ1) is 8.87. The Labute approximate surface area is 110 Å². The topological polar surface area (TPSA) is 84.1 Å². The van der Waals surface area contributed by atoms with Crippen molar-refractivity contribution in [2.75, 3.05) is 6.61 Å². The lowest BCUT2D eigenvalue weighted by atomic mass is 10.2. The Kier molecular flexibility index (Phi) is 3.55. The standard InChI is InChI=1S/C13H16N2O4/c1-13(2,18)8-19-7-9-3-4-15-10(12(16)17)6-14-11(15)5-9/h3-6,18H,7-8H2,1-2H3,(H,16,17). The second-order valence-corrected chi connectivity index (χ2v) is 5.02. The van der Waals surface area contributed by atoms with Gasteiger partial charge in [0.1, 0.15) is 5.65 Å². The van der Waals surface area contributed by atoms with Gasteiger partial charge >= 0.3 is 5.97 Å². The van der Waals surface area contributed by atoms with Gasteiger partial charge in [0.25, 0.3) is 0 Å². The fourth-order valence-corrected chi connectivity index (χ4v) is 1.69. The SMILES string of the molecule is CC(C)(O)COCc1ccn2c(C(=O)O)cnc2c1. The van der Waals surface area contributed by atoms with Crippen LogP contribution in [-0.4, -0.2) is 37.8 Å². The van der Waals surface area contributed by atoms with Crippen LogP contribution in [0.2, 0.25) is 0 Å². The molecule has 0 radical (unpaired) electrons. The molecule has 2 heterocycles. The van der Waals surface area contributed by atoms with Crippen LogP contribution in [0.1, 0.15) is 29.9 Å². The van der Waals surface area contributed by atoms with Crippen molar-refractivity contribution in [1.29, 1.82) is 0 Å². The molecule has 6 heteroatoms. The maximum absolute atomic E-state index is 10.9. The van der Waals surface area contributed by atoms with Crippen molar-refractivity contribution in [3.63, 3.8) is 0 Å². The first kappa shape index (κ1) is 13.5. The minimum absolute atomic E-state index is 0.124. The normalized spacial score (nSPS) is 11.9. The molecule has 2 rings (SSSR count). The molecule has 6 nitrogen and oxygen atoms in total. The molecule has 2 aromatic rings. The van der Waals surface area contributed by atoms with Gasteiger partial charge in [-0.25, -0.2) is 9.78 Å². The average molecular weight is 264 g/mol. The van der Waals surface area contributed by atoms with Gasteiger partial charge in [-0.2, -0.15) is 0 Å². The number of aliphatic hydroxyl groups is 1. The summed E-state index contributed by atoms with van der Waals surface area (Å²) in [5.41, 5.74) is 0.688. The van der Waals surface area contributed by atoms with Crippen LogP contribution in [0.25, 0.3) is 5.65 Å². The smallest absolute Gasteiger partial charge is 0.354 e. The number of ether oxygens (including phenoxy) is 1. The summed E-state index contributed by atoms with van der Waals surface area (Å²) in [5.74, 6) is -1.02. The summed E-state index contributed by atoms with van der Waals surface area (Å²) in [5, 5.41) is 18.5. The Morgan fingerprint density at radius 2 is 2.26 bits per heavy atom. The quantitative estimate of drug-likeness (QED) is 0.850. The highest BCUT2D eigenvalue weighted by Gasteiger charge is 2.13. The Morgan fingerprint density at radius 3 is 2.89 bits per heavy atom. The summed E-state index contributed by atoms with van der Waals surface area (Å²) >= 11 is 0. The Bertz CT molecular complexity index is 598. The van der Waals surface area contributed by atoms with Gasteiger partial charge in [-0.3, -0.25) is 4.40 Å². The van der Waals surface area contributed by atoms with E-state index in [1.807, 2.05) is 0 Å². The summed E-state index contributed by atoms with van der Waals surface area (Å²) in [6.45, 7) is 3.91. The summed E-state index contributed by atoms with van der Waals surface area (Å²) in [4.78, 5) is 15.0. The number of imidazole rings is 1. The molecule has 19 heavy (non-hydrogen) atoms. The van der Waals surface area contributed by atoms with Gasteiger partial charge in [0.05, 0.1) is 25.0 Å². The van der Waals surface area contributed by atoms with Crippen molar-refractivity contribution in [1.82, 2.24) is 9.38 Å². The maximum Gasteiger partial charge on any atom is 0.354 e. The number of fused-ring (bicyclic) bond motifs is 1. The molecule has 0 fully saturated rings. The van der Waals surface area contributed by atoms with Crippen LogP contribution >= 0.6 is 0 Å². The first-order valence-electron chi connectivity index (χ1n) is 5.86. The number of nitrogens with zero attached hydrogens (tertiary/aromatic N) is 2. The summed E-state index contributed by atoms with van der Waals surface area (Å²) in [6.07, 6.45) is 2.97. The van der Waals surface area contributed by atoms with Gasteiger partial charge in [0, 0.05) is 6.20 Å². The number of hydrogen-bond donors (Lipinski definition) is 2. The number of pyridine rings is 1. The van der Waals surface area contributed by atoms with Crippen molar-refractivity contribution < 1.29 is 19.7 Å². The third-order valence-corrected chi connectivity index (χ3v) is 2.52. The predicted octanol–water partition coefficient (Wildman–Crippen LogP) is 1.32. The second-order valence-electron chi connectivity index (χ2n) is 5.02. The van der Waals surface area contributed by atoms with Crippen molar-refractivity contribution in [3.8, 4) is 0 Å². The average Bonchev–Trinajstić information content (AvgIpc) is 2.70. The zero-order valence-electron chi connectivity index (χ0n) is 10.8. The van der Waals surface area contributed by atoms with Crippen LogP contribution in [-0.2, 0) is 11.3 Å². The molecule has 0 saturated carbocycles. The Morgan fingerprint density at radius 1 is 1.53 bits per heavy atom. The van der Waals surface area contributed by atoms with E-state index >= 15 is 0 Å². The number of aromatic carboxylic acids is 1. The van der Waals surface area contributed by atoms with Crippen molar-refractivity contribution in [3.05, 3.63) is 35.8 Å². The summed E-state index contributed by atoms with van der Waals surface area (Å²) < 4.78 is 6.89. The molecular weight excluding hydrogens is 248 g/mol. The molecule has 0 spiro atoms. The van der Waals surface area contributed by atoms with E-state index in [0.29, 0.717) is 12.3 Å². The molecule has 0 atom stereocenters. The molecule has 0 aliphatic carbocycles. The van der Waals surface area contributed by atoms with Gasteiger partial charge in [-0.15, -0.1) is 0 Å². The summed E-state index contributed by atoms with van der Waals surface area (Å²) in [6, 6.07) is 3.53. The molecule has 0 aromatic carbocycles. The third-order valence-electron chi connectivity index (χ3n) is 2.52. The van der Waals surface area contributed by atoms with E-state index < -0.39 is 11.6 Å². The largest absolute Gasteiger partial charge is 0.477 e. The van der Waals surface area contributed by atoms with Crippen LogP contribution < -0.4 is 0 Å². The van der Waals surface area contributed by atoms with Gasteiger partial charge in [0.15, 0.2) is 5.69 Å². The van der Waals surface area contributed by atoms with Crippen molar-refractivity contribution in [2.45, 2.75) is 26.1 Å². The lowest BCUT2D eigenvalue weighted by Crippen LogP contribution is -2.25. The number of carboxylic acid groups (broad SMARTS) is 1. The predicted molar refractivity (Wildman–Crippen MR) is 68.1 cm³/mol. The highest BCUT2D eigenvalue weighted by molar-refractivity contribution is 5.86. The molecule has 0 saturated heterocycles. The van der Waals surface area contributed by atoms with Crippen LogP contribution in [0.4, 0.5) is 0 Å². The molecule has 0 bridgehead atoms. The number of aromatic nitrogens is 2. The molecule has 102 valence electrons. The van der Waals surface area contributed by atoms with E-state index in [2.05, 4.69) is 4.98 Å². The van der Waals surface area contributed by atoms with Gasteiger partial charge in [-0.1, -0.05) is 0 Å². The van der Waals surface area contributed by atoms with E-state index in [9.17, 15) is 9.90 Å². The molecule has 0 aliphatic rings. The van der Waals surface area contributed by atoms with Gasteiger partial charge in [-0.05, 0) is 31.5 Å². The second kappa shape index (κ2) is 4.99. The van der Waals surface area contributed by atoms with Gasteiger partial charge < -0.3 is 14.9 Å². The fourth-order valence-electron chi connectivity index (χ4n) is 1.69. The van der Waals surface area contributed by atoms with E-state index in [1.54, 1.807) is 32.2 Å². The molecule has 0 unspecified atom stereocenters. The van der Waals surface area contributed by atoms with E-state index in [1.165, 1.54) is 10.6 Å². The molecule has 0 aliphatic heterocycles. The lowest BCUT2D eigenvalue weighted by molar-refractivity contribution is -0.0268. The molecular formula is C13H16N2O4. The monoisotopic (exact) mass is 264 g/mol. The number of carboxylic acids is 1. The molecule has 2 aromatic heterocycles. The number of rotatable bonds is 5. The van der Waals surface area contributed by atoms with E-state index in [0.717, 1.165) is 5.56 Å². The molecule has 0 amide bonds. The Hall–Kier alpha value is -1.92. The van der Waals surface area contributed by atoms with E-state index in [-0.39, 0.29) is 12.3 Å². The van der Waals surface area contributed by atoms with Gasteiger partial charge in [0.2, 0.25) is 0 Å². The van der Waals surface area contributed by atoms with E-state index in [4.69, 9.17) is 9.84 Å². The maximum atomic E-state index is 10.9. The van der Waals surface area contributed by atoms with Crippen LogP contribution in [0.3, 0.4) is 0 Å². The van der Waals surface area contributed by atoms with Crippen LogP contribution in [0, 0.1) is 0 Å².